The van der Waals surface area contributed by atoms with E-state index in [1.807, 2.05) is 30.3 Å². The van der Waals surface area contributed by atoms with Crippen LogP contribution in [0, 0.1) is 12.8 Å². The molecule has 154 valence electrons. The predicted molar refractivity (Wildman–Crippen MR) is 109 cm³/mol. The molecule has 1 amide bonds. The molecule has 0 bridgehead atoms. The summed E-state index contributed by atoms with van der Waals surface area (Å²) in [6.07, 6.45) is 4.86. The summed E-state index contributed by atoms with van der Waals surface area (Å²) in [6, 6.07) is 10.5. The fourth-order valence-corrected chi connectivity index (χ4v) is 3.57. The van der Waals surface area contributed by atoms with E-state index in [1.165, 1.54) is 36.9 Å². The SMILES string of the molecule is Cc1cc(=O)c(C(=O)O[C@@H](C)C(=O)NCC2CCCCC2)nn1-c1ccccc1. The summed E-state index contributed by atoms with van der Waals surface area (Å²) in [4.78, 5) is 37.1. The molecule has 3 rings (SSSR count). The van der Waals surface area contributed by atoms with Crippen LogP contribution in [0.1, 0.15) is 55.2 Å². The largest absolute Gasteiger partial charge is 0.448 e. The summed E-state index contributed by atoms with van der Waals surface area (Å²) in [7, 11) is 0. The van der Waals surface area contributed by atoms with E-state index in [-0.39, 0.29) is 11.6 Å². The summed E-state index contributed by atoms with van der Waals surface area (Å²) in [5.74, 6) is -0.785. The van der Waals surface area contributed by atoms with Crippen LogP contribution < -0.4 is 10.7 Å². The molecule has 0 aliphatic heterocycles. The number of nitrogens with one attached hydrogen (secondary N) is 1. The molecular formula is C22H27N3O4. The van der Waals surface area contributed by atoms with E-state index in [2.05, 4.69) is 10.4 Å². The van der Waals surface area contributed by atoms with E-state index in [0.717, 1.165) is 18.5 Å². The van der Waals surface area contributed by atoms with E-state index in [9.17, 15) is 14.4 Å². The number of amides is 1. The van der Waals surface area contributed by atoms with Crippen LogP contribution in [-0.2, 0) is 9.53 Å². The number of para-hydroxylation sites is 1. The molecule has 1 saturated carbocycles. The predicted octanol–water partition coefficient (Wildman–Crippen LogP) is 2.78. The first kappa shape index (κ1) is 20.8. The van der Waals surface area contributed by atoms with Crippen molar-refractivity contribution in [2.45, 2.75) is 52.1 Å². The molecule has 0 saturated heterocycles. The summed E-state index contributed by atoms with van der Waals surface area (Å²) < 4.78 is 6.73. The highest BCUT2D eigenvalue weighted by atomic mass is 16.5. The summed E-state index contributed by atoms with van der Waals surface area (Å²) >= 11 is 0. The van der Waals surface area contributed by atoms with E-state index in [1.54, 1.807) is 6.92 Å². The Hall–Kier alpha value is -2.96. The highest BCUT2D eigenvalue weighted by molar-refractivity contribution is 5.90. The molecule has 1 heterocycles. The Labute approximate surface area is 170 Å². The molecule has 7 nitrogen and oxygen atoms in total. The summed E-state index contributed by atoms with van der Waals surface area (Å²) in [6.45, 7) is 3.82. The second-order valence-electron chi connectivity index (χ2n) is 7.54. The van der Waals surface area contributed by atoms with Gasteiger partial charge >= 0.3 is 5.97 Å². The van der Waals surface area contributed by atoms with Crippen molar-refractivity contribution in [2.75, 3.05) is 6.54 Å². The van der Waals surface area contributed by atoms with Crippen LogP contribution in [0.5, 0.6) is 0 Å². The second kappa shape index (κ2) is 9.49. The van der Waals surface area contributed by atoms with Gasteiger partial charge in [0.1, 0.15) is 0 Å². The molecule has 7 heteroatoms. The summed E-state index contributed by atoms with van der Waals surface area (Å²) in [5, 5.41) is 7.02. The Morgan fingerprint density at radius 3 is 2.59 bits per heavy atom. The van der Waals surface area contributed by atoms with Crippen LogP contribution >= 0.6 is 0 Å². The van der Waals surface area contributed by atoms with E-state index < -0.39 is 17.5 Å². The van der Waals surface area contributed by atoms with E-state index in [0.29, 0.717) is 18.2 Å². The molecular weight excluding hydrogens is 370 g/mol. The van der Waals surface area contributed by atoms with Gasteiger partial charge in [0.05, 0.1) is 5.69 Å². The van der Waals surface area contributed by atoms with Gasteiger partial charge in [-0.05, 0) is 44.7 Å². The van der Waals surface area contributed by atoms with Crippen molar-refractivity contribution in [1.29, 1.82) is 0 Å². The maximum Gasteiger partial charge on any atom is 0.363 e. The highest BCUT2D eigenvalue weighted by Gasteiger charge is 2.24. The smallest absolute Gasteiger partial charge is 0.363 e. The van der Waals surface area contributed by atoms with Gasteiger partial charge in [-0.15, -0.1) is 0 Å². The minimum Gasteiger partial charge on any atom is -0.448 e. The summed E-state index contributed by atoms with van der Waals surface area (Å²) in [5.41, 5.74) is 0.439. The first-order valence-electron chi connectivity index (χ1n) is 10.1. The zero-order valence-corrected chi connectivity index (χ0v) is 16.9. The fourth-order valence-electron chi connectivity index (χ4n) is 3.57. The molecule has 1 aliphatic carbocycles. The third-order valence-electron chi connectivity index (χ3n) is 5.24. The molecule has 0 unspecified atom stereocenters. The topological polar surface area (TPSA) is 90.3 Å². The van der Waals surface area contributed by atoms with Crippen molar-refractivity contribution in [3.63, 3.8) is 0 Å². The van der Waals surface area contributed by atoms with Gasteiger partial charge in [0, 0.05) is 18.3 Å². The van der Waals surface area contributed by atoms with Gasteiger partial charge < -0.3 is 10.1 Å². The number of rotatable bonds is 6. The average molecular weight is 397 g/mol. The van der Waals surface area contributed by atoms with Crippen molar-refractivity contribution in [3.05, 3.63) is 58.0 Å². The van der Waals surface area contributed by atoms with Gasteiger partial charge in [0.25, 0.3) is 5.91 Å². The molecule has 1 fully saturated rings. The number of ether oxygens (including phenoxy) is 1. The van der Waals surface area contributed by atoms with E-state index >= 15 is 0 Å². The zero-order valence-electron chi connectivity index (χ0n) is 16.9. The maximum absolute atomic E-state index is 12.5. The lowest BCUT2D eigenvalue weighted by atomic mass is 9.89. The van der Waals surface area contributed by atoms with Gasteiger partial charge in [-0.3, -0.25) is 9.59 Å². The number of carbonyl (C=O) groups is 2. The van der Waals surface area contributed by atoms with Crippen LogP contribution in [-0.4, -0.2) is 34.3 Å². The lowest BCUT2D eigenvalue weighted by Gasteiger charge is -2.22. The Morgan fingerprint density at radius 1 is 1.21 bits per heavy atom. The molecule has 2 aromatic rings. The third kappa shape index (κ3) is 5.31. The number of carbonyl (C=O) groups excluding carboxylic acids is 2. The number of benzene rings is 1. The minimum atomic E-state index is -1.00. The van der Waals surface area contributed by atoms with Crippen molar-refractivity contribution >= 4 is 11.9 Å². The van der Waals surface area contributed by atoms with Crippen molar-refractivity contribution in [2.24, 2.45) is 5.92 Å². The van der Waals surface area contributed by atoms with Gasteiger partial charge in [-0.2, -0.15) is 5.10 Å². The Morgan fingerprint density at radius 2 is 1.90 bits per heavy atom. The Balaban J connectivity index is 1.66. The van der Waals surface area contributed by atoms with Crippen LogP contribution in [0.2, 0.25) is 0 Å². The van der Waals surface area contributed by atoms with Gasteiger partial charge in [-0.25, -0.2) is 9.48 Å². The van der Waals surface area contributed by atoms with Crippen LogP contribution in [0.15, 0.2) is 41.2 Å². The number of esters is 1. The molecule has 1 aliphatic rings. The number of aromatic nitrogens is 2. The molecule has 1 aromatic heterocycles. The van der Waals surface area contributed by atoms with Gasteiger partial charge in [-0.1, -0.05) is 37.5 Å². The number of hydrogen-bond acceptors (Lipinski definition) is 5. The second-order valence-corrected chi connectivity index (χ2v) is 7.54. The number of hydrogen-bond donors (Lipinski definition) is 1. The molecule has 29 heavy (non-hydrogen) atoms. The lowest BCUT2D eigenvalue weighted by molar-refractivity contribution is -0.129. The average Bonchev–Trinajstić information content (AvgIpc) is 2.73. The van der Waals surface area contributed by atoms with Crippen molar-refractivity contribution in [1.82, 2.24) is 15.1 Å². The zero-order chi connectivity index (χ0) is 20.8. The van der Waals surface area contributed by atoms with E-state index in [4.69, 9.17) is 4.74 Å². The maximum atomic E-state index is 12.5. The quantitative estimate of drug-likeness (QED) is 0.757. The van der Waals surface area contributed by atoms with Crippen molar-refractivity contribution < 1.29 is 14.3 Å². The Kier molecular flexibility index (Phi) is 6.80. The standard InChI is InChI=1S/C22H27N3O4/c1-15-13-19(26)20(24-25(15)18-11-7-4-8-12-18)22(28)29-16(2)21(27)23-14-17-9-5-3-6-10-17/h4,7-8,11-13,16-17H,3,5-6,9-10,14H2,1-2H3,(H,23,27)/t16-/m0/s1. The lowest BCUT2D eigenvalue weighted by Crippen LogP contribution is -2.39. The van der Waals surface area contributed by atoms with Gasteiger partial charge in [0.15, 0.2) is 6.10 Å². The van der Waals surface area contributed by atoms with Gasteiger partial charge in [0.2, 0.25) is 11.1 Å². The van der Waals surface area contributed by atoms with Crippen LogP contribution in [0.25, 0.3) is 5.69 Å². The normalized spacial score (nSPS) is 15.5. The fraction of sp³-hybridized carbons (Fsp3) is 0.455. The molecule has 1 aromatic carbocycles. The van der Waals surface area contributed by atoms with Crippen molar-refractivity contribution in [3.8, 4) is 5.69 Å². The molecule has 0 radical (unpaired) electrons. The first-order valence-corrected chi connectivity index (χ1v) is 10.1. The molecule has 1 N–H and O–H groups in total. The minimum absolute atomic E-state index is 0.341. The third-order valence-corrected chi connectivity index (χ3v) is 5.24. The number of nitrogens with zero attached hydrogens (tertiary/aromatic N) is 2. The monoisotopic (exact) mass is 397 g/mol. The molecule has 0 spiro atoms. The first-order chi connectivity index (χ1) is 14.0. The van der Waals surface area contributed by atoms with Crippen LogP contribution in [0.3, 0.4) is 0 Å². The number of aryl methyl sites for hydroxylation is 1. The Bertz CT molecular complexity index is 917. The molecule has 1 atom stereocenters. The van der Waals surface area contributed by atoms with Crippen LogP contribution in [0.4, 0.5) is 0 Å². The highest BCUT2D eigenvalue weighted by Crippen LogP contribution is 2.22.